The van der Waals surface area contributed by atoms with Gasteiger partial charge in [-0.25, -0.2) is 4.79 Å². The number of esters is 7. The second kappa shape index (κ2) is 31.0. The molecule has 0 bridgehead atoms. The van der Waals surface area contributed by atoms with E-state index in [1.165, 1.54) is 21.9 Å². The molecule has 1 aliphatic heterocycles. The maximum absolute atomic E-state index is 15.0. The van der Waals surface area contributed by atoms with Crippen LogP contribution in [0.4, 0.5) is 5.69 Å². The average Bonchev–Trinajstić information content (AvgIpc) is 3.23. The van der Waals surface area contributed by atoms with Crippen LogP contribution in [0.15, 0.2) is 18.2 Å². The van der Waals surface area contributed by atoms with E-state index in [1.54, 1.807) is 110 Å². The summed E-state index contributed by atoms with van der Waals surface area (Å²) in [6.07, 6.45) is 0. The molecule has 1 aliphatic rings. The van der Waals surface area contributed by atoms with Gasteiger partial charge in [0.05, 0.1) is 59.1 Å². The molecule has 1 fully saturated rings. The fourth-order valence-electron chi connectivity index (χ4n) is 7.51. The summed E-state index contributed by atoms with van der Waals surface area (Å²) in [5.74, 6) is -4.32. The zero-order valence-corrected chi connectivity index (χ0v) is 47.6. The quantitative estimate of drug-likeness (QED) is 0.113. The molecule has 0 atom stereocenters. The Hall–Kier alpha value is -5.42. The Balaban J connectivity index is 2.77. The van der Waals surface area contributed by atoms with Crippen LogP contribution in [0.2, 0.25) is 0 Å². The average molecular weight is 1070 g/mol. The van der Waals surface area contributed by atoms with Crippen LogP contribution in [-0.2, 0) is 78.1 Å². The topological polar surface area (TPSA) is 230 Å². The number of carbonyl (C=O) groups is 8. The maximum Gasteiger partial charge on any atom is 0.344 e. The van der Waals surface area contributed by atoms with Crippen molar-refractivity contribution in [2.75, 3.05) is 129 Å². The van der Waals surface area contributed by atoms with E-state index in [-0.39, 0.29) is 103 Å². The van der Waals surface area contributed by atoms with E-state index in [1.807, 2.05) is 19.6 Å². The number of carbonyl (C=O) groups excluding carboxylic acids is 8. The van der Waals surface area contributed by atoms with Gasteiger partial charge in [-0.3, -0.25) is 58.1 Å². The molecule has 1 heterocycles. The first-order chi connectivity index (χ1) is 34.8. The first-order valence-corrected chi connectivity index (χ1v) is 25.8. The lowest BCUT2D eigenvalue weighted by atomic mass is 10.1. The number of amides is 1. The molecule has 0 radical (unpaired) electrons. The number of rotatable bonds is 23. The van der Waals surface area contributed by atoms with E-state index in [9.17, 15) is 33.6 Å². The second-order valence-electron chi connectivity index (χ2n) is 22.1. The summed E-state index contributed by atoms with van der Waals surface area (Å²) in [6.45, 7) is 26.3. The van der Waals surface area contributed by atoms with Gasteiger partial charge in [0.15, 0.2) is 6.61 Å². The highest BCUT2D eigenvalue weighted by atomic mass is 16.6. The molecule has 0 spiro atoms. The smallest absolute Gasteiger partial charge is 0.344 e. The van der Waals surface area contributed by atoms with Gasteiger partial charge in [0.2, 0.25) is 5.91 Å². The Morgan fingerprint density at radius 3 is 1.16 bits per heavy atom. The van der Waals surface area contributed by atoms with E-state index in [0.29, 0.717) is 31.7 Å². The van der Waals surface area contributed by atoms with Gasteiger partial charge in [-0.1, -0.05) is 0 Å². The first kappa shape index (κ1) is 65.7. The first-order valence-electron chi connectivity index (χ1n) is 25.8. The number of nitrogens with zero attached hydrogens (tertiary/aromatic N) is 6. The van der Waals surface area contributed by atoms with Crippen molar-refractivity contribution in [2.45, 2.75) is 133 Å². The predicted molar refractivity (Wildman–Crippen MR) is 279 cm³/mol. The van der Waals surface area contributed by atoms with Crippen LogP contribution in [0.5, 0.6) is 5.75 Å². The number of anilines is 1. The van der Waals surface area contributed by atoms with Crippen LogP contribution in [0.25, 0.3) is 0 Å². The third kappa shape index (κ3) is 29.5. The molecule has 0 unspecified atom stereocenters. The van der Waals surface area contributed by atoms with Gasteiger partial charge in [0, 0.05) is 70.2 Å². The van der Waals surface area contributed by atoms with E-state index in [4.69, 9.17) is 37.9 Å². The van der Waals surface area contributed by atoms with E-state index >= 15 is 4.79 Å². The summed E-state index contributed by atoms with van der Waals surface area (Å²) in [4.78, 5) is 117. The molecule has 0 N–H and O–H groups in total. The number of hydrogen-bond acceptors (Lipinski definition) is 21. The van der Waals surface area contributed by atoms with Gasteiger partial charge in [-0.15, -0.1) is 0 Å². The van der Waals surface area contributed by atoms with Crippen LogP contribution in [0.3, 0.4) is 0 Å². The number of benzene rings is 1. The minimum Gasteiger partial charge on any atom is -0.482 e. The summed E-state index contributed by atoms with van der Waals surface area (Å²) in [6, 6.07) is 4.62. The largest absolute Gasteiger partial charge is 0.482 e. The summed E-state index contributed by atoms with van der Waals surface area (Å²) in [7, 11) is 0. The summed E-state index contributed by atoms with van der Waals surface area (Å²) < 4.78 is 44.2. The lowest BCUT2D eigenvalue weighted by Crippen LogP contribution is -2.51. The molecule has 22 nitrogen and oxygen atoms in total. The van der Waals surface area contributed by atoms with Crippen LogP contribution in [0, 0.1) is 0 Å². The van der Waals surface area contributed by atoms with Gasteiger partial charge in [0.25, 0.3) is 0 Å². The third-order valence-electron chi connectivity index (χ3n) is 10.3. The lowest BCUT2D eigenvalue weighted by Gasteiger charge is -2.35. The highest BCUT2D eigenvalue weighted by Gasteiger charge is 2.30. The van der Waals surface area contributed by atoms with Crippen molar-refractivity contribution in [3.8, 4) is 5.75 Å². The Morgan fingerprint density at radius 2 is 0.800 bits per heavy atom. The number of ether oxygens (including phenoxy) is 8. The Labute approximate surface area is 444 Å². The summed E-state index contributed by atoms with van der Waals surface area (Å²) in [5, 5.41) is 0. The Kier molecular flexibility index (Phi) is 27.1. The fourth-order valence-corrected chi connectivity index (χ4v) is 7.51. The molecule has 1 amide bonds. The van der Waals surface area contributed by atoms with Crippen molar-refractivity contribution in [1.82, 2.24) is 24.5 Å². The van der Waals surface area contributed by atoms with Crippen molar-refractivity contribution in [2.24, 2.45) is 0 Å². The second-order valence-corrected chi connectivity index (χ2v) is 22.1. The van der Waals surface area contributed by atoms with Crippen molar-refractivity contribution < 1.29 is 76.3 Å². The van der Waals surface area contributed by atoms with Gasteiger partial charge >= 0.3 is 41.8 Å². The molecule has 22 heteroatoms. The van der Waals surface area contributed by atoms with Crippen LogP contribution in [-0.4, -0.2) is 219 Å². The summed E-state index contributed by atoms with van der Waals surface area (Å²) in [5.41, 5.74) is -2.61. The van der Waals surface area contributed by atoms with Gasteiger partial charge < -0.3 is 42.8 Å². The van der Waals surface area contributed by atoms with Crippen LogP contribution < -0.4 is 9.64 Å². The molecule has 2 rings (SSSR count). The molecule has 75 heavy (non-hydrogen) atoms. The molecule has 0 aromatic heterocycles. The van der Waals surface area contributed by atoms with E-state index < -0.39 is 83.2 Å². The summed E-state index contributed by atoms with van der Waals surface area (Å²) >= 11 is 0. The highest BCUT2D eigenvalue weighted by Crippen LogP contribution is 2.28. The van der Waals surface area contributed by atoms with Gasteiger partial charge in [-0.05, 0) is 122 Å². The van der Waals surface area contributed by atoms with Crippen LogP contribution in [0.1, 0.15) is 109 Å². The molecular formula is C53H88N6O16. The highest BCUT2D eigenvalue weighted by molar-refractivity contribution is 5.99. The predicted octanol–water partition coefficient (Wildman–Crippen LogP) is 3.48. The van der Waals surface area contributed by atoms with Crippen molar-refractivity contribution in [1.29, 1.82) is 0 Å². The molecule has 0 aliphatic carbocycles. The van der Waals surface area contributed by atoms with E-state index in [2.05, 4.69) is 0 Å². The normalized spacial score (nSPS) is 15.1. The zero-order valence-electron chi connectivity index (χ0n) is 47.6. The molecular weight excluding hydrogens is 977 g/mol. The molecule has 0 saturated carbocycles. The van der Waals surface area contributed by atoms with Gasteiger partial charge in [0.1, 0.15) is 34.7 Å². The van der Waals surface area contributed by atoms with E-state index in [0.717, 1.165) is 0 Å². The minimum atomic E-state index is -0.919. The Morgan fingerprint density at radius 1 is 0.453 bits per heavy atom. The molecule has 1 aromatic rings. The standard InChI is InChI=1S/C53H88N6O16/c1-16-68-43(61)32-58(33-44(62)69-17-2)30-39-29-40(19-20-41(39)71-38-49(67)70-18-3)59(37-48(66)75-53(13,14)15)42(60)31-54-21-23-55(34-45(63)72-50(4,5)6)25-27-57(36-47(65)74-52(10,11)12)28-26-56(24-22-54)35-46(64)73-51(7,8)9/h19-20,29H,16-18,21-28,30-38H2,1-15H3. The fraction of sp³-hybridized carbons (Fsp3) is 0.736. The molecule has 1 saturated heterocycles. The number of hydrogen-bond donors (Lipinski definition) is 0. The maximum atomic E-state index is 15.0. The van der Waals surface area contributed by atoms with Crippen molar-refractivity contribution in [3.63, 3.8) is 0 Å². The monoisotopic (exact) mass is 1060 g/mol. The SMILES string of the molecule is CCOC(=O)COc1ccc(N(CC(=O)OC(C)(C)C)C(=O)CN2CCN(CC(=O)OC(C)(C)C)CCN(CC(=O)OC(C)(C)C)CCN(CC(=O)OC(C)(C)C)CC2)cc1CN(CC(=O)OCC)CC(=O)OCC. The molecule has 426 valence electrons. The Bertz CT molecular complexity index is 1970. The minimum absolute atomic E-state index is 0.0407. The third-order valence-corrected chi connectivity index (χ3v) is 10.3. The van der Waals surface area contributed by atoms with Crippen molar-refractivity contribution >= 4 is 53.4 Å². The lowest BCUT2D eigenvalue weighted by molar-refractivity contribution is -0.158. The van der Waals surface area contributed by atoms with Gasteiger partial charge in [-0.2, -0.15) is 0 Å². The zero-order chi connectivity index (χ0) is 56.7. The molecule has 1 aromatic carbocycles. The van der Waals surface area contributed by atoms with Crippen LogP contribution >= 0.6 is 0 Å². The van der Waals surface area contributed by atoms with Crippen molar-refractivity contribution in [3.05, 3.63) is 23.8 Å².